The second-order valence-corrected chi connectivity index (χ2v) is 5.12. The number of benzene rings is 1. The van der Waals surface area contributed by atoms with E-state index in [2.05, 4.69) is 10.3 Å². The fourth-order valence-electron chi connectivity index (χ4n) is 1.44. The molecule has 0 aliphatic carbocycles. The highest BCUT2D eigenvalue weighted by molar-refractivity contribution is 7.11. The molecule has 1 aromatic heterocycles. The molecular weight excluding hydrogens is 250 g/mol. The summed E-state index contributed by atoms with van der Waals surface area (Å²) in [4.78, 5) is 16.9. The summed E-state index contributed by atoms with van der Waals surface area (Å²) in [5.74, 6) is -0.340. The fourth-order valence-corrected chi connectivity index (χ4v) is 2.18. The minimum Gasteiger partial charge on any atom is -0.506 e. The van der Waals surface area contributed by atoms with Crippen molar-refractivity contribution >= 4 is 22.9 Å². The van der Waals surface area contributed by atoms with Gasteiger partial charge in [0, 0.05) is 16.6 Å². The highest BCUT2D eigenvalue weighted by Gasteiger charge is 2.08. The van der Waals surface area contributed by atoms with E-state index in [0.717, 1.165) is 9.88 Å². The van der Waals surface area contributed by atoms with Crippen molar-refractivity contribution < 1.29 is 9.90 Å². The van der Waals surface area contributed by atoms with Gasteiger partial charge >= 0.3 is 0 Å². The first-order valence-corrected chi connectivity index (χ1v) is 6.16. The van der Waals surface area contributed by atoms with Gasteiger partial charge in [-0.2, -0.15) is 0 Å². The number of hydrogen-bond acceptors (Lipinski definition) is 5. The van der Waals surface area contributed by atoms with Crippen LogP contribution in [0.3, 0.4) is 0 Å². The summed E-state index contributed by atoms with van der Waals surface area (Å²) in [5.41, 5.74) is 6.10. The Bertz CT molecular complexity index is 580. The maximum atomic E-state index is 11.8. The van der Waals surface area contributed by atoms with E-state index in [0.29, 0.717) is 12.1 Å². The molecule has 2 aromatic rings. The van der Waals surface area contributed by atoms with Crippen molar-refractivity contribution in [2.24, 2.45) is 0 Å². The third-order valence-electron chi connectivity index (χ3n) is 2.38. The number of aromatic hydroxyl groups is 1. The summed E-state index contributed by atoms with van der Waals surface area (Å²) in [6.07, 6.45) is 1.74. The number of nitrogens with one attached hydrogen (secondary N) is 1. The van der Waals surface area contributed by atoms with Crippen molar-refractivity contribution in [2.75, 3.05) is 5.73 Å². The highest BCUT2D eigenvalue weighted by atomic mass is 32.1. The molecule has 0 radical (unpaired) electrons. The largest absolute Gasteiger partial charge is 0.506 e. The van der Waals surface area contributed by atoms with Crippen LogP contribution in [0.25, 0.3) is 0 Å². The first kappa shape index (κ1) is 12.4. The van der Waals surface area contributed by atoms with Gasteiger partial charge in [0.1, 0.15) is 5.75 Å². The van der Waals surface area contributed by atoms with Crippen LogP contribution in [0.1, 0.15) is 20.2 Å². The van der Waals surface area contributed by atoms with Gasteiger partial charge in [0.25, 0.3) is 5.91 Å². The number of rotatable bonds is 3. The van der Waals surface area contributed by atoms with Crippen molar-refractivity contribution in [1.29, 1.82) is 0 Å². The van der Waals surface area contributed by atoms with Crippen molar-refractivity contribution in [3.8, 4) is 5.75 Å². The Hall–Kier alpha value is -2.08. The van der Waals surface area contributed by atoms with E-state index in [1.807, 2.05) is 6.92 Å². The van der Waals surface area contributed by atoms with Crippen LogP contribution in [0.15, 0.2) is 24.4 Å². The predicted molar refractivity (Wildman–Crippen MR) is 70.5 cm³/mol. The number of carbonyl (C=O) groups is 1. The summed E-state index contributed by atoms with van der Waals surface area (Å²) in [6.45, 7) is 2.34. The Kier molecular flexibility index (Phi) is 3.47. The van der Waals surface area contributed by atoms with Gasteiger partial charge in [-0.05, 0) is 25.1 Å². The molecule has 94 valence electrons. The molecule has 6 heteroatoms. The molecule has 1 aromatic carbocycles. The molecule has 1 amide bonds. The van der Waals surface area contributed by atoms with Crippen LogP contribution in [0.4, 0.5) is 5.69 Å². The molecule has 5 nitrogen and oxygen atoms in total. The summed E-state index contributed by atoms with van der Waals surface area (Å²) in [7, 11) is 0. The van der Waals surface area contributed by atoms with E-state index in [-0.39, 0.29) is 17.3 Å². The van der Waals surface area contributed by atoms with E-state index in [1.54, 1.807) is 12.3 Å². The fraction of sp³-hybridized carbons (Fsp3) is 0.167. The number of anilines is 1. The van der Waals surface area contributed by atoms with Crippen LogP contribution in [0.5, 0.6) is 5.75 Å². The predicted octanol–water partition coefficient (Wildman–Crippen LogP) is 1.67. The van der Waals surface area contributed by atoms with Gasteiger partial charge in [0.15, 0.2) is 0 Å². The topological polar surface area (TPSA) is 88.2 Å². The molecule has 0 saturated carbocycles. The number of amides is 1. The number of nitrogens with zero attached hydrogens (tertiary/aromatic N) is 1. The minimum atomic E-state index is -0.253. The smallest absolute Gasteiger partial charge is 0.251 e. The number of phenolic OH excluding ortho intramolecular Hbond substituents is 1. The number of aromatic nitrogens is 1. The molecule has 1 heterocycles. The summed E-state index contributed by atoms with van der Waals surface area (Å²) >= 11 is 1.54. The Labute approximate surface area is 108 Å². The van der Waals surface area contributed by atoms with Crippen LogP contribution in [-0.2, 0) is 6.54 Å². The molecule has 0 aliphatic heterocycles. The van der Waals surface area contributed by atoms with Crippen LogP contribution in [0.2, 0.25) is 0 Å². The zero-order valence-corrected chi connectivity index (χ0v) is 10.6. The van der Waals surface area contributed by atoms with Crippen molar-refractivity contribution in [1.82, 2.24) is 10.3 Å². The molecule has 0 aliphatic rings. The maximum Gasteiger partial charge on any atom is 0.251 e. The van der Waals surface area contributed by atoms with E-state index < -0.39 is 0 Å². The Morgan fingerprint density at radius 1 is 1.56 bits per heavy atom. The average Bonchev–Trinajstić information content (AvgIpc) is 2.75. The van der Waals surface area contributed by atoms with Crippen LogP contribution < -0.4 is 11.1 Å². The second kappa shape index (κ2) is 5.05. The van der Waals surface area contributed by atoms with Gasteiger partial charge in [0.2, 0.25) is 0 Å². The van der Waals surface area contributed by atoms with Crippen molar-refractivity contribution in [2.45, 2.75) is 13.5 Å². The normalized spacial score (nSPS) is 10.3. The molecule has 0 spiro atoms. The Morgan fingerprint density at radius 2 is 2.33 bits per heavy atom. The number of aryl methyl sites for hydroxylation is 1. The number of nitrogens with two attached hydrogens (primary N) is 1. The molecule has 0 unspecified atom stereocenters. The molecule has 4 N–H and O–H groups in total. The standard InChI is InChI=1S/C12H13N3O2S/c1-7-14-5-9(18-7)6-15-12(17)8-2-3-10(13)11(16)4-8/h2-5,16H,6,13H2,1H3,(H,15,17). The lowest BCUT2D eigenvalue weighted by Gasteiger charge is -2.05. The van der Waals surface area contributed by atoms with Crippen LogP contribution in [-0.4, -0.2) is 16.0 Å². The SMILES string of the molecule is Cc1ncc(CNC(=O)c2ccc(N)c(O)c2)s1. The zero-order chi connectivity index (χ0) is 13.1. The maximum absolute atomic E-state index is 11.8. The minimum absolute atomic E-state index is 0.0868. The summed E-state index contributed by atoms with van der Waals surface area (Å²) < 4.78 is 0. The number of thiazole rings is 1. The lowest BCUT2D eigenvalue weighted by Crippen LogP contribution is -2.22. The molecule has 0 fully saturated rings. The molecule has 2 rings (SSSR count). The van der Waals surface area contributed by atoms with Gasteiger partial charge in [-0.25, -0.2) is 4.98 Å². The lowest BCUT2D eigenvalue weighted by molar-refractivity contribution is 0.0951. The van der Waals surface area contributed by atoms with Gasteiger partial charge in [-0.1, -0.05) is 0 Å². The first-order valence-electron chi connectivity index (χ1n) is 5.34. The molecule has 18 heavy (non-hydrogen) atoms. The van der Waals surface area contributed by atoms with Crippen LogP contribution in [0, 0.1) is 6.92 Å². The van der Waals surface area contributed by atoms with Gasteiger partial charge in [-0.15, -0.1) is 11.3 Å². The number of phenols is 1. The first-order chi connectivity index (χ1) is 8.56. The number of carbonyl (C=O) groups excluding carboxylic acids is 1. The monoisotopic (exact) mass is 263 g/mol. The zero-order valence-electron chi connectivity index (χ0n) is 9.80. The van der Waals surface area contributed by atoms with E-state index in [1.165, 1.54) is 23.5 Å². The highest BCUT2D eigenvalue weighted by Crippen LogP contribution is 2.20. The van der Waals surface area contributed by atoms with Crippen LogP contribution >= 0.6 is 11.3 Å². The van der Waals surface area contributed by atoms with E-state index in [4.69, 9.17) is 5.73 Å². The number of nitrogen functional groups attached to an aromatic ring is 1. The average molecular weight is 263 g/mol. The van der Waals surface area contributed by atoms with Gasteiger partial charge in [0.05, 0.1) is 17.2 Å². The number of hydrogen-bond donors (Lipinski definition) is 3. The Morgan fingerprint density at radius 3 is 2.94 bits per heavy atom. The third kappa shape index (κ3) is 2.78. The molecule has 0 bridgehead atoms. The van der Waals surface area contributed by atoms with Crippen molar-refractivity contribution in [3.05, 3.63) is 39.8 Å². The molecular formula is C12H13N3O2S. The summed E-state index contributed by atoms with van der Waals surface area (Å²) in [6, 6.07) is 4.42. The second-order valence-electron chi connectivity index (χ2n) is 3.80. The third-order valence-corrected chi connectivity index (χ3v) is 3.30. The molecule has 0 saturated heterocycles. The van der Waals surface area contributed by atoms with Gasteiger partial charge < -0.3 is 16.2 Å². The quantitative estimate of drug-likeness (QED) is 0.580. The lowest BCUT2D eigenvalue weighted by atomic mass is 10.2. The van der Waals surface area contributed by atoms with E-state index in [9.17, 15) is 9.90 Å². The van der Waals surface area contributed by atoms with Crippen molar-refractivity contribution in [3.63, 3.8) is 0 Å². The summed E-state index contributed by atoms with van der Waals surface area (Å²) in [5, 5.41) is 13.1. The molecule has 0 atom stereocenters. The van der Waals surface area contributed by atoms with Gasteiger partial charge in [-0.3, -0.25) is 4.79 Å². The van der Waals surface area contributed by atoms with E-state index >= 15 is 0 Å². The Balaban J connectivity index is 2.01.